The first-order chi connectivity index (χ1) is 15.0. The first kappa shape index (κ1) is 20.7. The number of methoxy groups -OCH3 is 1. The Morgan fingerprint density at radius 2 is 1.68 bits per heavy atom. The van der Waals surface area contributed by atoms with Crippen LogP contribution in [-0.2, 0) is 4.79 Å². The topological polar surface area (TPSA) is 59.6 Å². The molecule has 0 heterocycles. The second kappa shape index (κ2) is 9.04. The Bertz CT molecular complexity index is 1070. The van der Waals surface area contributed by atoms with Crippen molar-refractivity contribution in [2.24, 2.45) is 0 Å². The zero-order chi connectivity index (χ0) is 21.8. The van der Waals surface area contributed by atoms with Gasteiger partial charge in [-0.05, 0) is 54.8 Å². The third-order valence-corrected chi connectivity index (χ3v) is 4.92. The van der Waals surface area contributed by atoms with Gasteiger partial charge in [-0.25, -0.2) is 8.78 Å². The van der Waals surface area contributed by atoms with Gasteiger partial charge in [-0.3, -0.25) is 4.79 Å². The molecule has 0 saturated heterocycles. The molecule has 3 aromatic carbocycles. The molecular formula is C24H22F2N2O3. The van der Waals surface area contributed by atoms with Crippen LogP contribution in [0.4, 0.5) is 14.5 Å². The SMILES string of the molecule is COc1ccccc1Oc1ccc(NC(C(=O)NC2CC2)c2ccc(F)cc2)cc1F. The predicted octanol–water partition coefficient (Wildman–Crippen LogP) is 5.20. The van der Waals surface area contributed by atoms with Gasteiger partial charge in [-0.15, -0.1) is 0 Å². The van der Waals surface area contributed by atoms with E-state index in [-0.39, 0.29) is 17.7 Å². The van der Waals surface area contributed by atoms with Gasteiger partial charge < -0.3 is 20.1 Å². The second-order valence-electron chi connectivity index (χ2n) is 7.31. The largest absolute Gasteiger partial charge is 0.493 e. The highest BCUT2D eigenvalue weighted by molar-refractivity contribution is 5.86. The standard InChI is InChI=1S/C24H22F2N2O3/c1-30-21-4-2-3-5-22(21)31-20-13-12-18(14-19(20)26)27-23(24(29)28-17-10-11-17)15-6-8-16(25)9-7-15/h2-9,12-14,17,23,27H,10-11H2,1H3,(H,28,29). The van der Waals surface area contributed by atoms with Crippen molar-refractivity contribution in [3.63, 3.8) is 0 Å². The Morgan fingerprint density at radius 3 is 2.32 bits per heavy atom. The Kier molecular flexibility index (Phi) is 6.02. The van der Waals surface area contributed by atoms with Gasteiger partial charge >= 0.3 is 0 Å². The Hall–Kier alpha value is -3.61. The average Bonchev–Trinajstić information content (AvgIpc) is 3.59. The lowest BCUT2D eigenvalue weighted by atomic mass is 10.1. The molecule has 0 aromatic heterocycles. The lowest BCUT2D eigenvalue weighted by Crippen LogP contribution is -2.34. The van der Waals surface area contributed by atoms with Crippen molar-refractivity contribution >= 4 is 11.6 Å². The monoisotopic (exact) mass is 424 g/mol. The smallest absolute Gasteiger partial charge is 0.247 e. The van der Waals surface area contributed by atoms with Gasteiger partial charge in [0.25, 0.3) is 0 Å². The highest BCUT2D eigenvalue weighted by Crippen LogP contribution is 2.34. The van der Waals surface area contributed by atoms with Crippen molar-refractivity contribution in [1.82, 2.24) is 5.32 Å². The van der Waals surface area contributed by atoms with E-state index in [4.69, 9.17) is 9.47 Å². The summed E-state index contributed by atoms with van der Waals surface area (Å²) in [5.74, 6) is -0.347. The highest BCUT2D eigenvalue weighted by atomic mass is 19.1. The van der Waals surface area contributed by atoms with Crippen LogP contribution in [0.5, 0.6) is 17.2 Å². The molecule has 1 amide bonds. The molecule has 0 bridgehead atoms. The first-order valence-electron chi connectivity index (χ1n) is 9.96. The summed E-state index contributed by atoms with van der Waals surface area (Å²) >= 11 is 0. The summed E-state index contributed by atoms with van der Waals surface area (Å²) in [6.45, 7) is 0. The number of ether oxygens (including phenoxy) is 2. The summed E-state index contributed by atoms with van der Waals surface area (Å²) < 4.78 is 38.9. The molecule has 1 unspecified atom stereocenters. The average molecular weight is 424 g/mol. The van der Waals surface area contributed by atoms with Crippen molar-refractivity contribution in [2.45, 2.75) is 24.9 Å². The minimum atomic E-state index is -0.790. The Labute approximate surface area is 179 Å². The number of carbonyl (C=O) groups is 1. The number of hydrogen-bond donors (Lipinski definition) is 2. The molecule has 1 atom stereocenters. The fourth-order valence-corrected chi connectivity index (χ4v) is 3.13. The second-order valence-corrected chi connectivity index (χ2v) is 7.31. The molecule has 160 valence electrons. The summed E-state index contributed by atoms with van der Waals surface area (Å²) in [5, 5.41) is 5.98. The van der Waals surface area contributed by atoms with Crippen LogP contribution in [0.1, 0.15) is 24.4 Å². The van der Waals surface area contributed by atoms with Crippen molar-refractivity contribution < 1.29 is 23.0 Å². The lowest BCUT2D eigenvalue weighted by Gasteiger charge is -2.20. The number of nitrogens with one attached hydrogen (secondary N) is 2. The van der Waals surface area contributed by atoms with E-state index < -0.39 is 17.7 Å². The molecule has 4 rings (SSSR count). The zero-order valence-corrected chi connectivity index (χ0v) is 16.9. The summed E-state index contributed by atoms with van der Waals surface area (Å²) in [7, 11) is 1.51. The quantitative estimate of drug-likeness (QED) is 0.522. The van der Waals surface area contributed by atoms with Gasteiger partial charge in [0.05, 0.1) is 7.11 Å². The molecule has 0 radical (unpaired) electrons. The number of rotatable bonds is 8. The minimum Gasteiger partial charge on any atom is -0.493 e. The zero-order valence-electron chi connectivity index (χ0n) is 16.9. The number of amides is 1. The van der Waals surface area contributed by atoms with Crippen LogP contribution >= 0.6 is 0 Å². The van der Waals surface area contributed by atoms with E-state index >= 15 is 0 Å². The molecule has 31 heavy (non-hydrogen) atoms. The fourth-order valence-electron chi connectivity index (χ4n) is 3.13. The van der Waals surface area contributed by atoms with Crippen LogP contribution in [0, 0.1) is 11.6 Å². The Balaban J connectivity index is 1.54. The summed E-state index contributed by atoms with van der Waals surface area (Å²) in [6, 6.07) is 16.3. The first-order valence-corrected chi connectivity index (χ1v) is 9.96. The van der Waals surface area contributed by atoms with E-state index in [2.05, 4.69) is 10.6 Å². The van der Waals surface area contributed by atoms with Gasteiger partial charge in [0, 0.05) is 17.8 Å². The van der Waals surface area contributed by atoms with Crippen LogP contribution in [0.2, 0.25) is 0 Å². The molecular weight excluding hydrogens is 402 g/mol. The van der Waals surface area contributed by atoms with E-state index in [1.807, 2.05) is 0 Å². The number of para-hydroxylation sites is 2. The molecule has 5 nitrogen and oxygen atoms in total. The van der Waals surface area contributed by atoms with Crippen molar-refractivity contribution in [3.05, 3.63) is 83.9 Å². The number of halogens is 2. The maximum atomic E-state index is 14.7. The van der Waals surface area contributed by atoms with Crippen LogP contribution in [0.3, 0.4) is 0 Å². The van der Waals surface area contributed by atoms with Crippen LogP contribution < -0.4 is 20.1 Å². The van der Waals surface area contributed by atoms with Crippen molar-refractivity contribution in [1.29, 1.82) is 0 Å². The highest BCUT2D eigenvalue weighted by Gasteiger charge is 2.28. The lowest BCUT2D eigenvalue weighted by molar-refractivity contribution is -0.122. The predicted molar refractivity (Wildman–Crippen MR) is 113 cm³/mol. The minimum absolute atomic E-state index is 0.0239. The number of benzene rings is 3. The van der Waals surface area contributed by atoms with Gasteiger partial charge in [0.15, 0.2) is 23.1 Å². The van der Waals surface area contributed by atoms with Gasteiger partial charge in [-0.2, -0.15) is 0 Å². The Morgan fingerprint density at radius 1 is 0.968 bits per heavy atom. The van der Waals surface area contributed by atoms with E-state index in [9.17, 15) is 13.6 Å². The maximum Gasteiger partial charge on any atom is 0.247 e. The molecule has 2 N–H and O–H groups in total. The molecule has 3 aromatic rings. The van der Waals surface area contributed by atoms with Gasteiger partial charge in [0.2, 0.25) is 5.91 Å². The van der Waals surface area contributed by atoms with Crippen LogP contribution in [-0.4, -0.2) is 19.1 Å². The van der Waals surface area contributed by atoms with Crippen LogP contribution in [0.25, 0.3) is 0 Å². The van der Waals surface area contributed by atoms with Gasteiger partial charge in [0.1, 0.15) is 11.9 Å². The van der Waals surface area contributed by atoms with E-state index in [0.717, 1.165) is 12.8 Å². The normalized spacial score (nSPS) is 13.9. The number of hydrogen-bond acceptors (Lipinski definition) is 4. The van der Waals surface area contributed by atoms with Crippen molar-refractivity contribution in [2.75, 3.05) is 12.4 Å². The molecule has 0 aliphatic heterocycles. The van der Waals surface area contributed by atoms with Crippen LogP contribution in [0.15, 0.2) is 66.7 Å². The third kappa shape index (κ3) is 5.12. The maximum absolute atomic E-state index is 14.7. The summed E-state index contributed by atoms with van der Waals surface area (Å²) in [5.41, 5.74) is 0.972. The summed E-state index contributed by atoms with van der Waals surface area (Å²) in [6.07, 6.45) is 1.87. The molecule has 1 saturated carbocycles. The van der Waals surface area contributed by atoms with Crippen molar-refractivity contribution in [3.8, 4) is 17.2 Å². The van der Waals surface area contributed by atoms with E-state index in [1.54, 1.807) is 30.3 Å². The molecule has 1 aliphatic carbocycles. The van der Waals surface area contributed by atoms with Gasteiger partial charge in [-0.1, -0.05) is 24.3 Å². The molecule has 7 heteroatoms. The number of carbonyl (C=O) groups excluding carboxylic acids is 1. The number of anilines is 1. The molecule has 0 spiro atoms. The molecule has 1 fully saturated rings. The van der Waals surface area contributed by atoms with E-state index in [0.29, 0.717) is 22.7 Å². The fraction of sp³-hybridized carbons (Fsp3) is 0.208. The van der Waals surface area contributed by atoms with E-state index in [1.165, 1.54) is 43.5 Å². The molecule has 1 aliphatic rings. The third-order valence-electron chi connectivity index (χ3n) is 4.92. The summed E-state index contributed by atoms with van der Waals surface area (Å²) in [4.78, 5) is 12.7.